The average Bonchev–Trinajstić information content (AvgIpc) is 2.24. The molecule has 1 heterocycles. The van der Waals surface area contributed by atoms with Gasteiger partial charge >= 0.3 is 0 Å². The lowest BCUT2D eigenvalue weighted by atomic mass is 10.0. The minimum absolute atomic E-state index is 0.382. The van der Waals surface area contributed by atoms with E-state index < -0.39 is 0 Å². The molecule has 0 aliphatic heterocycles. The molecule has 0 bridgehead atoms. The van der Waals surface area contributed by atoms with Crippen LogP contribution in [0.5, 0.6) is 0 Å². The van der Waals surface area contributed by atoms with Gasteiger partial charge in [0.2, 0.25) is 0 Å². The summed E-state index contributed by atoms with van der Waals surface area (Å²) in [6, 6.07) is 4.57. The number of hydrogen-bond donors (Lipinski definition) is 1. The molecule has 0 saturated carbocycles. The largest absolute Gasteiger partial charge is 0.313 e. The average molecular weight is 202 g/mol. The third-order valence-electron chi connectivity index (χ3n) is 2.41. The molecular formula is C13H18N2. The van der Waals surface area contributed by atoms with Crippen LogP contribution < -0.4 is 5.32 Å². The first kappa shape index (κ1) is 11.7. The predicted octanol–water partition coefficient (Wildman–Crippen LogP) is 2.45. The van der Waals surface area contributed by atoms with Crippen LogP contribution in [0.4, 0.5) is 0 Å². The van der Waals surface area contributed by atoms with Crippen molar-refractivity contribution in [2.24, 2.45) is 0 Å². The lowest BCUT2D eigenvalue weighted by Crippen LogP contribution is -2.16. The maximum atomic E-state index is 4.20. The number of hydrogen-bond acceptors (Lipinski definition) is 2. The van der Waals surface area contributed by atoms with Crippen molar-refractivity contribution in [3.8, 4) is 11.8 Å². The number of pyridine rings is 1. The minimum Gasteiger partial charge on any atom is -0.313 e. The Morgan fingerprint density at radius 3 is 2.93 bits per heavy atom. The smallest absolute Gasteiger partial charge is 0.0375 e. The van der Waals surface area contributed by atoms with Crippen LogP contribution in [-0.4, -0.2) is 12.0 Å². The highest BCUT2D eigenvalue weighted by Crippen LogP contribution is 2.17. The van der Waals surface area contributed by atoms with Gasteiger partial charge in [0.05, 0.1) is 0 Å². The Labute approximate surface area is 92.1 Å². The van der Waals surface area contributed by atoms with Crippen molar-refractivity contribution < 1.29 is 0 Å². The van der Waals surface area contributed by atoms with Gasteiger partial charge in [-0.2, -0.15) is 0 Å². The second-order valence-electron chi connectivity index (χ2n) is 3.54. The van der Waals surface area contributed by atoms with E-state index in [0.29, 0.717) is 6.04 Å². The Hall–Kier alpha value is -1.33. The van der Waals surface area contributed by atoms with E-state index in [2.05, 4.69) is 34.3 Å². The fourth-order valence-electron chi connectivity index (χ4n) is 1.60. The Morgan fingerprint density at radius 2 is 2.33 bits per heavy atom. The molecule has 0 aliphatic carbocycles. The van der Waals surface area contributed by atoms with E-state index in [1.165, 1.54) is 5.56 Å². The first-order valence-corrected chi connectivity index (χ1v) is 5.27. The molecule has 0 saturated heterocycles. The molecule has 1 atom stereocenters. The lowest BCUT2D eigenvalue weighted by molar-refractivity contribution is 0.557. The highest BCUT2D eigenvalue weighted by Gasteiger charge is 2.07. The van der Waals surface area contributed by atoms with E-state index in [-0.39, 0.29) is 0 Å². The zero-order chi connectivity index (χ0) is 11.1. The summed E-state index contributed by atoms with van der Waals surface area (Å²) in [4.78, 5) is 4.20. The van der Waals surface area contributed by atoms with Crippen LogP contribution in [0.3, 0.4) is 0 Å². The first-order chi connectivity index (χ1) is 7.27. The van der Waals surface area contributed by atoms with Gasteiger partial charge in [0.1, 0.15) is 0 Å². The van der Waals surface area contributed by atoms with Gasteiger partial charge in [0, 0.05) is 24.4 Å². The molecule has 0 fully saturated rings. The molecule has 1 aromatic heterocycles. The van der Waals surface area contributed by atoms with Crippen molar-refractivity contribution in [2.75, 3.05) is 7.05 Å². The Morgan fingerprint density at radius 1 is 1.53 bits per heavy atom. The quantitative estimate of drug-likeness (QED) is 0.759. The van der Waals surface area contributed by atoms with Crippen LogP contribution in [0.1, 0.15) is 37.1 Å². The molecule has 0 radical (unpaired) electrons. The molecule has 0 aliphatic rings. The summed E-state index contributed by atoms with van der Waals surface area (Å²) in [5.74, 6) is 6.01. The maximum Gasteiger partial charge on any atom is 0.0375 e. The van der Waals surface area contributed by atoms with Gasteiger partial charge in [-0.3, -0.25) is 4.98 Å². The number of rotatable bonds is 4. The lowest BCUT2D eigenvalue weighted by Gasteiger charge is -2.15. The summed E-state index contributed by atoms with van der Waals surface area (Å²) < 4.78 is 0. The van der Waals surface area contributed by atoms with Crippen LogP contribution in [0.2, 0.25) is 0 Å². The number of aromatic nitrogens is 1. The van der Waals surface area contributed by atoms with Crippen LogP contribution in [0, 0.1) is 18.8 Å². The standard InChI is InChI=1S/C13H18N2/c1-4-5-6-7-13(14-3)12-8-9-15-11(2)10-12/h8-10,13-14H,6-7H2,1-3H3. The highest BCUT2D eigenvalue weighted by molar-refractivity contribution is 5.19. The van der Waals surface area contributed by atoms with Crippen molar-refractivity contribution in [1.82, 2.24) is 10.3 Å². The van der Waals surface area contributed by atoms with Gasteiger partial charge in [-0.15, -0.1) is 11.8 Å². The molecule has 2 heteroatoms. The highest BCUT2D eigenvalue weighted by atomic mass is 14.9. The molecule has 1 aromatic rings. The molecule has 15 heavy (non-hydrogen) atoms. The molecule has 0 aromatic carbocycles. The van der Waals surface area contributed by atoms with Crippen molar-refractivity contribution in [3.05, 3.63) is 29.6 Å². The van der Waals surface area contributed by atoms with Crippen LogP contribution in [0.15, 0.2) is 18.3 Å². The van der Waals surface area contributed by atoms with Gasteiger partial charge < -0.3 is 5.32 Å². The molecule has 0 spiro atoms. The zero-order valence-electron chi connectivity index (χ0n) is 9.67. The van der Waals surface area contributed by atoms with E-state index >= 15 is 0 Å². The van der Waals surface area contributed by atoms with Crippen molar-refractivity contribution in [3.63, 3.8) is 0 Å². The van der Waals surface area contributed by atoms with E-state index in [1.807, 2.05) is 27.1 Å². The molecule has 1 N–H and O–H groups in total. The molecule has 80 valence electrons. The van der Waals surface area contributed by atoms with E-state index in [9.17, 15) is 0 Å². The minimum atomic E-state index is 0.382. The summed E-state index contributed by atoms with van der Waals surface area (Å²) in [5.41, 5.74) is 2.36. The van der Waals surface area contributed by atoms with Gasteiger partial charge in [-0.25, -0.2) is 0 Å². The normalized spacial score (nSPS) is 11.7. The SMILES string of the molecule is CC#CCCC(NC)c1ccnc(C)c1. The van der Waals surface area contributed by atoms with Crippen molar-refractivity contribution in [1.29, 1.82) is 0 Å². The van der Waals surface area contributed by atoms with Gasteiger partial charge in [0.15, 0.2) is 0 Å². The summed E-state index contributed by atoms with van der Waals surface area (Å²) in [5, 5.41) is 3.31. The van der Waals surface area contributed by atoms with Gasteiger partial charge in [-0.1, -0.05) is 0 Å². The van der Waals surface area contributed by atoms with E-state index in [0.717, 1.165) is 18.5 Å². The molecule has 2 nitrogen and oxygen atoms in total. The number of nitrogens with zero attached hydrogens (tertiary/aromatic N) is 1. The van der Waals surface area contributed by atoms with Crippen molar-refractivity contribution in [2.45, 2.75) is 32.7 Å². The fourth-order valence-corrected chi connectivity index (χ4v) is 1.60. The summed E-state index contributed by atoms with van der Waals surface area (Å²) >= 11 is 0. The predicted molar refractivity (Wildman–Crippen MR) is 63.5 cm³/mol. The monoisotopic (exact) mass is 202 g/mol. The summed E-state index contributed by atoms with van der Waals surface area (Å²) in [6.45, 7) is 3.90. The molecule has 0 amide bonds. The van der Waals surface area contributed by atoms with Crippen LogP contribution in [-0.2, 0) is 0 Å². The maximum absolute atomic E-state index is 4.20. The third-order valence-corrected chi connectivity index (χ3v) is 2.41. The van der Waals surface area contributed by atoms with E-state index in [1.54, 1.807) is 0 Å². The van der Waals surface area contributed by atoms with Gasteiger partial charge in [-0.05, 0) is 45.0 Å². The topological polar surface area (TPSA) is 24.9 Å². The van der Waals surface area contributed by atoms with E-state index in [4.69, 9.17) is 0 Å². The fraction of sp³-hybridized carbons (Fsp3) is 0.462. The second-order valence-corrected chi connectivity index (χ2v) is 3.54. The summed E-state index contributed by atoms with van der Waals surface area (Å²) in [6.07, 6.45) is 3.84. The Bertz CT molecular complexity index is 360. The third kappa shape index (κ3) is 3.73. The first-order valence-electron chi connectivity index (χ1n) is 5.27. The van der Waals surface area contributed by atoms with Gasteiger partial charge in [0.25, 0.3) is 0 Å². The van der Waals surface area contributed by atoms with Crippen LogP contribution >= 0.6 is 0 Å². The van der Waals surface area contributed by atoms with Crippen LogP contribution in [0.25, 0.3) is 0 Å². The Balaban J connectivity index is 2.68. The molecule has 1 unspecified atom stereocenters. The molecular weight excluding hydrogens is 184 g/mol. The second kappa shape index (κ2) is 6.21. The van der Waals surface area contributed by atoms with Crippen molar-refractivity contribution >= 4 is 0 Å². The zero-order valence-corrected chi connectivity index (χ0v) is 9.67. The summed E-state index contributed by atoms with van der Waals surface area (Å²) in [7, 11) is 1.99. The number of aryl methyl sites for hydroxylation is 1. The number of nitrogens with one attached hydrogen (secondary N) is 1. The molecule has 1 rings (SSSR count). The Kier molecular flexibility index (Phi) is 4.86.